The molecule has 49 heavy (non-hydrogen) atoms. The van der Waals surface area contributed by atoms with Crippen molar-refractivity contribution in [3.8, 4) is 0 Å². The van der Waals surface area contributed by atoms with Gasteiger partial charge >= 0.3 is 0 Å². The Balaban J connectivity index is 0.000000710. The number of nitrogens with one attached hydrogen (secondary N) is 3. The monoisotopic (exact) mass is 676 g/mol. The first-order valence-electron chi connectivity index (χ1n) is 16.6. The van der Waals surface area contributed by atoms with Crippen LogP contribution in [-0.2, 0) is 4.79 Å². The van der Waals surface area contributed by atoms with Crippen LogP contribution in [0.1, 0.15) is 90.7 Å². The van der Waals surface area contributed by atoms with E-state index in [-0.39, 0.29) is 29.7 Å². The number of allylic oxidation sites excluding steroid dienone is 10. The van der Waals surface area contributed by atoms with Crippen LogP contribution in [0, 0.1) is 24.3 Å². The molecule has 0 aliphatic carbocycles. The van der Waals surface area contributed by atoms with Crippen LogP contribution >= 0.6 is 0 Å². The zero-order chi connectivity index (χ0) is 36.1. The van der Waals surface area contributed by atoms with Crippen LogP contribution in [0.4, 0.5) is 0 Å². The molecule has 13 heteroatoms. The van der Waals surface area contributed by atoms with E-state index in [9.17, 15) is 24.8 Å². The van der Waals surface area contributed by atoms with E-state index in [2.05, 4.69) is 93.6 Å². The normalized spacial score (nSPS) is 11.4. The van der Waals surface area contributed by atoms with E-state index >= 15 is 0 Å². The van der Waals surface area contributed by atoms with Crippen molar-refractivity contribution >= 4 is 17.7 Å². The van der Waals surface area contributed by atoms with Gasteiger partial charge in [0.1, 0.15) is 0 Å². The van der Waals surface area contributed by atoms with E-state index < -0.39 is 5.91 Å². The number of aryl methyl sites for hydroxylation is 2. The van der Waals surface area contributed by atoms with Crippen LogP contribution in [0.5, 0.6) is 0 Å². The van der Waals surface area contributed by atoms with Crippen molar-refractivity contribution in [1.29, 1.82) is 0 Å². The molecule has 13 nitrogen and oxygen atoms in total. The van der Waals surface area contributed by atoms with Crippen molar-refractivity contribution in [2.75, 3.05) is 26.2 Å². The van der Waals surface area contributed by atoms with E-state index in [1.807, 2.05) is 0 Å². The van der Waals surface area contributed by atoms with Crippen LogP contribution in [0.2, 0.25) is 0 Å². The summed E-state index contributed by atoms with van der Waals surface area (Å²) in [7, 11) is 0. The summed E-state index contributed by atoms with van der Waals surface area (Å²) in [5.74, 6) is -0.875. The first kappa shape index (κ1) is 41.9. The van der Waals surface area contributed by atoms with Crippen molar-refractivity contribution in [1.82, 2.24) is 25.9 Å². The number of unbranched alkanes of at least 4 members (excludes halogenated alkanes) is 1. The number of carbonyl (C=O) groups excluding carboxylic acids is 3. The average Bonchev–Trinajstić information content (AvgIpc) is 3.09. The Morgan fingerprint density at radius 1 is 0.694 bits per heavy atom. The van der Waals surface area contributed by atoms with Gasteiger partial charge in [-0.1, -0.05) is 67.7 Å². The minimum Gasteiger partial charge on any atom is -0.618 e. The Morgan fingerprint density at radius 2 is 1.12 bits per heavy atom. The number of hydrogen-bond donors (Lipinski definition) is 4. The van der Waals surface area contributed by atoms with Crippen molar-refractivity contribution in [3.05, 3.63) is 119 Å². The molecular formula is C36H52N8O5. The van der Waals surface area contributed by atoms with Crippen molar-refractivity contribution in [2.45, 2.75) is 72.1 Å². The topological polar surface area (TPSA) is 193 Å². The van der Waals surface area contributed by atoms with E-state index in [0.29, 0.717) is 46.9 Å². The summed E-state index contributed by atoms with van der Waals surface area (Å²) in [5, 5.41) is 30.5. The Labute approximate surface area is 290 Å². The lowest BCUT2D eigenvalue weighted by molar-refractivity contribution is -0.613. The van der Waals surface area contributed by atoms with Gasteiger partial charge in [-0.3, -0.25) is 14.4 Å². The summed E-state index contributed by atoms with van der Waals surface area (Å²) >= 11 is 0. The molecule has 3 amide bonds. The summed E-state index contributed by atoms with van der Waals surface area (Å²) in [6.07, 6.45) is 33.6. The molecule has 266 valence electrons. The van der Waals surface area contributed by atoms with Gasteiger partial charge in [0.15, 0.2) is 11.4 Å². The molecule has 2 rings (SSSR count). The Hall–Kier alpha value is -5.17. The lowest BCUT2D eigenvalue weighted by Crippen LogP contribution is -2.37. The van der Waals surface area contributed by atoms with Crippen molar-refractivity contribution in [2.24, 2.45) is 5.73 Å². The summed E-state index contributed by atoms with van der Waals surface area (Å²) < 4.78 is 1.20. The highest BCUT2D eigenvalue weighted by Gasteiger charge is 2.12. The number of amides is 3. The summed E-state index contributed by atoms with van der Waals surface area (Å²) in [6, 6.07) is 0. The van der Waals surface area contributed by atoms with Gasteiger partial charge in [-0.05, 0) is 44.9 Å². The van der Waals surface area contributed by atoms with Gasteiger partial charge < -0.3 is 32.1 Å². The second-order valence-corrected chi connectivity index (χ2v) is 10.7. The average molecular weight is 677 g/mol. The fourth-order valence-electron chi connectivity index (χ4n) is 3.75. The van der Waals surface area contributed by atoms with Gasteiger partial charge in [-0.2, -0.15) is 9.46 Å². The van der Waals surface area contributed by atoms with Gasteiger partial charge in [-0.15, -0.1) is 0 Å². The van der Waals surface area contributed by atoms with Gasteiger partial charge in [-0.25, -0.2) is 9.97 Å². The molecule has 0 radical (unpaired) electrons. The van der Waals surface area contributed by atoms with E-state index in [4.69, 9.17) is 5.73 Å². The predicted octanol–water partition coefficient (Wildman–Crippen LogP) is 3.50. The largest absolute Gasteiger partial charge is 0.618 e. The van der Waals surface area contributed by atoms with Crippen LogP contribution < -0.4 is 31.1 Å². The molecule has 0 aromatic carbocycles. The van der Waals surface area contributed by atoms with Gasteiger partial charge in [0, 0.05) is 46.4 Å². The Kier molecular flexibility index (Phi) is 22.9. The fourth-order valence-corrected chi connectivity index (χ4v) is 3.75. The molecule has 0 aliphatic rings. The van der Waals surface area contributed by atoms with Crippen LogP contribution in [-0.4, -0.2) is 53.9 Å². The molecule has 0 saturated carbocycles. The van der Waals surface area contributed by atoms with Crippen molar-refractivity contribution < 1.29 is 23.8 Å². The number of hydrogen-bond acceptors (Lipinski definition) is 8. The zero-order valence-corrected chi connectivity index (χ0v) is 29.0. The Bertz CT molecular complexity index is 1440. The fraction of sp³-hybridized carbons (Fsp3) is 0.417. The number of aromatic nitrogens is 4. The molecule has 0 bridgehead atoms. The van der Waals surface area contributed by atoms with Crippen LogP contribution in [0.15, 0.2) is 85.5 Å². The first-order valence-corrected chi connectivity index (χ1v) is 16.6. The molecule has 2 aromatic heterocycles. The van der Waals surface area contributed by atoms with Crippen LogP contribution in [0.3, 0.4) is 0 Å². The molecule has 2 aromatic rings. The second-order valence-electron chi connectivity index (χ2n) is 10.7. The second kappa shape index (κ2) is 26.9. The number of nitrogens with zero attached hydrogens (tertiary/aromatic N) is 4. The molecule has 0 aliphatic heterocycles. The number of carbonyl (C=O) groups is 3. The molecule has 0 atom stereocenters. The minimum atomic E-state index is -0.442. The molecule has 0 fully saturated rings. The predicted molar refractivity (Wildman–Crippen MR) is 191 cm³/mol. The molecular weight excluding hydrogens is 624 g/mol. The zero-order valence-electron chi connectivity index (χ0n) is 29.0. The highest BCUT2D eigenvalue weighted by Crippen LogP contribution is 2.00. The van der Waals surface area contributed by atoms with E-state index in [1.165, 1.54) is 12.4 Å². The molecule has 0 spiro atoms. The summed E-state index contributed by atoms with van der Waals surface area (Å²) in [4.78, 5) is 42.8. The molecule has 0 unspecified atom stereocenters. The highest BCUT2D eigenvalue weighted by molar-refractivity contribution is 5.92. The molecule has 0 saturated heterocycles. The first-order chi connectivity index (χ1) is 23.7. The highest BCUT2D eigenvalue weighted by atomic mass is 16.5. The third kappa shape index (κ3) is 20.6. The third-order valence-electron chi connectivity index (χ3n) is 6.52. The third-order valence-corrected chi connectivity index (χ3v) is 6.52. The maximum atomic E-state index is 11.9. The van der Waals surface area contributed by atoms with Crippen molar-refractivity contribution in [3.63, 3.8) is 0 Å². The summed E-state index contributed by atoms with van der Waals surface area (Å²) in [5.41, 5.74) is 6.21. The Morgan fingerprint density at radius 3 is 1.57 bits per heavy atom. The maximum absolute atomic E-state index is 11.9. The number of nitrogens with two attached hydrogens (primary N) is 1. The minimum absolute atomic E-state index is 0.0440. The summed E-state index contributed by atoms with van der Waals surface area (Å²) in [6.45, 7) is 6.69. The van der Waals surface area contributed by atoms with Crippen LogP contribution in [0.25, 0.3) is 0 Å². The lowest BCUT2D eigenvalue weighted by atomic mass is 10.2. The van der Waals surface area contributed by atoms with Gasteiger partial charge in [0.05, 0.1) is 12.4 Å². The lowest BCUT2D eigenvalue weighted by Gasteiger charge is -2.07. The SMILES string of the molecule is CC/C=C\C/C=C\C/C=C\C/C=C\C/C=C\CCCC(=O)NCCNC(=O)c1c[n+]([O-])c(C)cn1.Cc1cnc(C(=O)NCCN)c[n+]1[O-]. The molecule has 2 heterocycles. The standard InChI is InChI=1S/C28H40N4O3.C8H12N4O2/c1-3-4-5-6-7-8-9-10-11-12-13-14-15-16-17-18-19-20-27(33)29-21-22-30-28(34)26-24-32(35)25(2)23-31-26;1-6-4-11-7(5-12(6)14)8(13)10-3-2-9/h4-5,7-8,10-11,13-14,16-17,23-24H,3,6,9,12,15,18-22H2,1-2H3,(H,29,33)(H,30,34);4-5H,2-3,9H2,1H3,(H,10,13)/b5-4-,8-7-,11-10-,14-13-,17-16-;. The molecule has 5 N–H and O–H groups in total. The van der Waals surface area contributed by atoms with Gasteiger partial charge in [0.2, 0.25) is 29.7 Å². The quantitative estimate of drug-likeness (QED) is 0.0708. The van der Waals surface area contributed by atoms with Gasteiger partial charge in [0.25, 0.3) is 11.8 Å². The maximum Gasteiger partial charge on any atom is 0.276 e. The smallest absolute Gasteiger partial charge is 0.276 e. The van der Waals surface area contributed by atoms with E-state index in [1.54, 1.807) is 13.8 Å². The number of rotatable bonds is 20. The van der Waals surface area contributed by atoms with E-state index in [0.717, 1.165) is 57.3 Å².